The van der Waals surface area contributed by atoms with Crippen molar-refractivity contribution in [2.75, 3.05) is 57.1 Å². The van der Waals surface area contributed by atoms with Crippen molar-refractivity contribution in [2.45, 2.75) is 63.8 Å². The van der Waals surface area contributed by atoms with Gasteiger partial charge >= 0.3 is 0 Å². The van der Waals surface area contributed by atoms with Crippen LogP contribution in [0, 0.1) is 20.8 Å². The predicted octanol–water partition coefficient (Wildman–Crippen LogP) is 4.33. The zero-order chi connectivity index (χ0) is 27.4. The Labute approximate surface area is 228 Å². The van der Waals surface area contributed by atoms with E-state index in [9.17, 15) is 13.2 Å². The van der Waals surface area contributed by atoms with Crippen molar-refractivity contribution in [3.63, 3.8) is 0 Å². The summed E-state index contributed by atoms with van der Waals surface area (Å²) in [5.74, 6) is 0.405. The van der Waals surface area contributed by atoms with Gasteiger partial charge in [-0.05, 0) is 107 Å². The molecule has 1 amide bonds. The Morgan fingerprint density at radius 2 is 1.63 bits per heavy atom. The van der Waals surface area contributed by atoms with Crippen molar-refractivity contribution in [3.8, 4) is 5.75 Å². The number of methoxy groups -OCH3 is 1. The molecule has 2 heterocycles. The van der Waals surface area contributed by atoms with Gasteiger partial charge in [0, 0.05) is 50.5 Å². The lowest BCUT2D eigenvalue weighted by molar-refractivity contribution is -0.116. The quantitative estimate of drug-likeness (QED) is 0.508. The van der Waals surface area contributed by atoms with E-state index in [1.807, 2.05) is 12.1 Å². The Hall–Kier alpha value is -2.62. The molecule has 0 aromatic heterocycles. The fourth-order valence-corrected chi connectivity index (χ4v) is 7.44. The number of anilines is 2. The Kier molecular flexibility index (Phi) is 9.00. The van der Waals surface area contributed by atoms with Crippen molar-refractivity contribution in [1.82, 2.24) is 9.21 Å². The number of amides is 1. The van der Waals surface area contributed by atoms with Gasteiger partial charge in [0.2, 0.25) is 15.9 Å². The number of hydrogen-bond donors (Lipinski definition) is 1. The van der Waals surface area contributed by atoms with E-state index in [0.717, 1.165) is 24.3 Å². The van der Waals surface area contributed by atoms with Crippen LogP contribution in [0.1, 0.15) is 48.8 Å². The lowest BCUT2D eigenvalue weighted by atomic mass is 10.0. The van der Waals surface area contributed by atoms with Gasteiger partial charge in [-0.3, -0.25) is 4.79 Å². The van der Waals surface area contributed by atoms with Crippen LogP contribution in [0.3, 0.4) is 0 Å². The molecule has 2 aliphatic rings. The summed E-state index contributed by atoms with van der Waals surface area (Å²) < 4.78 is 32.9. The number of sulfonamides is 1. The molecule has 2 aromatic rings. The number of piperidine rings is 1. The smallest absolute Gasteiger partial charge is 0.243 e. The minimum absolute atomic E-state index is 0.0643. The van der Waals surface area contributed by atoms with Crippen molar-refractivity contribution in [2.24, 2.45) is 0 Å². The van der Waals surface area contributed by atoms with Crippen LogP contribution in [0.4, 0.5) is 11.4 Å². The van der Waals surface area contributed by atoms with E-state index < -0.39 is 10.0 Å². The number of nitrogens with zero attached hydrogens (tertiary/aromatic N) is 3. The minimum atomic E-state index is -3.74. The monoisotopic (exact) mass is 542 g/mol. The van der Waals surface area contributed by atoms with E-state index >= 15 is 0 Å². The standard InChI is InChI=1S/C29H42N4O4S/c1-21-18-24(8-9-27(21)33-16-10-25(11-17-33)32-13-6-7-14-32)30-28(34)12-15-31(4)38(35,36)29-22(2)19-26(37-5)20-23(29)3/h8-9,18-20,25H,6-7,10-17H2,1-5H3,(H,30,34). The molecule has 38 heavy (non-hydrogen) atoms. The van der Waals surface area contributed by atoms with Crippen molar-refractivity contribution >= 4 is 27.3 Å². The fraction of sp³-hybridized carbons (Fsp3) is 0.552. The Balaban J connectivity index is 1.31. The second kappa shape index (κ2) is 12.1. The molecule has 0 spiro atoms. The number of hydrogen-bond acceptors (Lipinski definition) is 6. The van der Waals surface area contributed by atoms with Gasteiger partial charge in [-0.25, -0.2) is 12.7 Å². The fourth-order valence-electron chi connectivity index (χ4n) is 5.86. The summed E-state index contributed by atoms with van der Waals surface area (Å²) >= 11 is 0. The highest BCUT2D eigenvalue weighted by Gasteiger charge is 2.28. The van der Waals surface area contributed by atoms with Gasteiger partial charge in [-0.15, -0.1) is 0 Å². The minimum Gasteiger partial charge on any atom is -0.497 e. The Morgan fingerprint density at radius 1 is 1.00 bits per heavy atom. The number of carbonyl (C=O) groups is 1. The number of benzene rings is 2. The third kappa shape index (κ3) is 6.33. The molecule has 2 aliphatic heterocycles. The van der Waals surface area contributed by atoms with Crippen LogP contribution in [-0.2, 0) is 14.8 Å². The molecule has 8 nitrogen and oxygen atoms in total. The average Bonchev–Trinajstić information content (AvgIpc) is 3.42. The van der Waals surface area contributed by atoms with Crippen molar-refractivity contribution in [3.05, 3.63) is 47.0 Å². The first-order valence-electron chi connectivity index (χ1n) is 13.6. The third-order valence-electron chi connectivity index (χ3n) is 7.93. The molecule has 0 aliphatic carbocycles. The van der Waals surface area contributed by atoms with E-state index in [2.05, 4.69) is 28.1 Å². The average molecular weight is 543 g/mol. The molecule has 2 fully saturated rings. The highest BCUT2D eigenvalue weighted by Crippen LogP contribution is 2.30. The molecule has 0 atom stereocenters. The van der Waals surface area contributed by atoms with Crippen molar-refractivity contribution < 1.29 is 17.9 Å². The molecular weight excluding hydrogens is 500 g/mol. The normalized spacial score (nSPS) is 17.3. The van der Waals surface area contributed by atoms with Gasteiger partial charge in [-0.2, -0.15) is 0 Å². The molecule has 0 saturated carbocycles. The molecule has 1 N–H and O–H groups in total. The summed E-state index contributed by atoms with van der Waals surface area (Å²) in [4.78, 5) is 18.1. The highest BCUT2D eigenvalue weighted by molar-refractivity contribution is 7.89. The largest absolute Gasteiger partial charge is 0.497 e. The third-order valence-corrected chi connectivity index (χ3v) is 10.1. The predicted molar refractivity (Wildman–Crippen MR) is 153 cm³/mol. The van der Waals surface area contributed by atoms with Gasteiger partial charge in [0.15, 0.2) is 0 Å². The zero-order valence-electron chi connectivity index (χ0n) is 23.4. The maximum absolute atomic E-state index is 13.2. The van der Waals surface area contributed by atoms with E-state index in [-0.39, 0.29) is 23.8 Å². The number of likely N-dealkylation sites (tertiary alicyclic amines) is 1. The molecule has 2 saturated heterocycles. The first-order chi connectivity index (χ1) is 18.1. The van der Waals surface area contributed by atoms with E-state index in [1.165, 1.54) is 55.8 Å². The SMILES string of the molecule is COc1cc(C)c(S(=O)(=O)N(C)CCC(=O)Nc2ccc(N3CCC(N4CCCC4)CC3)c(C)c2)c(C)c1. The Bertz CT molecular complexity index is 1230. The van der Waals surface area contributed by atoms with E-state index in [4.69, 9.17) is 4.74 Å². The molecule has 4 rings (SSSR count). The van der Waals surface area contributed by atoms with Gasteiger partial charge in [0.05, 0.1) is 12.0 Å². The first-order valence-corrected chi connectivity index (χ1v) is 15.0. The van der Waals surface area contributed by atoms with Gasteiger partial charge < -0.3 is 19.9 Å². The summed E-state index contributed by atoms with van der Waals surface area (Å²) in [7, 11) is -0.672. The van der Waals surface area contributed by atoms with Crippen LogP contribution in [0.2, 0.25) is 0 Å². The van der Waals surface area contributed by atoms with Gasteiger partial charge in [-0.1, -0.05) is 0 Å². The molecular formula is C29H42N4O4S. The number of nitrogens with one attached hydrogen (secondary N) is 1. The summed E-state index contributed by atoms with van der Waals surface area (Å²) in [5.41, 5.74) is 4.32. The summed E-state index contributed by atoms with van der Waals surface area (Å²) in [5, 5.41) is 2.94. The molecule has 0 radical (unpaired) electrons. The molecule has 2 aromatic carbocycles. The summed E-state index contributed by atoms with van der Waals surface area (Å²) in [6, 6.07) is 10.2. The molecule has 208 valence electrons. The number of aryl methyl sites for hydroxylation is 3. The van der Waals surface area contributed by atoms with Crippen LogP contribution in [-0.4, -0.2) is 76.5 Å². The number of ether oxygens (including phenoxy) is 1. The van der Waals surface area contributed by atoms with Gasteiger partial charge in [0.1, 0.15) is 5.75 Å². The number of carbonyl (C=O) groups excluding carboxylic acids is 1. The van der Waals surface area contributed by atoms with Crippen molar-refractivity contribution in [1.29, 1.82) is 0 Å². The van der Waals surface area contributed by atoms with Gasteiger partial charge in [0.25, 0.3) is 0 Å². The second-order valence-electron chi connectivity index (χ2n) is 10.7. The van der Waals surface area contributed by atoms with E-state index in [1.54, 1.807) is 33.1 Å². The zero-order valence-corrected chi connectivity index (χ0v) is 24.2. The van der Waals surface area contributed by atoms with Crippen LogP contribution in [0.25, 0.3) is 0 Å². The second-order valence-corrected chi connectivity index (χ2v) is 12.7. The van der Waals surface area contributed by atoms with Crippen LogP contribution in [0.15, 0.2) is 35.2 Å². The number of rotatable bonds is 9. The molecule has 0 bridgehead atoms. The topological polar surface area (TPSA) is 82.2 Å². The van der Waals surface area contributed by atoms with Crippen LogP contribution < -0.4 is 15.0 Å². The van der Waals surface area contributed by atoms with Crippen LogP contribution in [0.5, 0.6) is 5.75 Å². The lowest BCUT2D eigenvalue weighted by Crippen LogP contribution is -2.44. The Morgan fingerprint density at radius 3 is 2.21 bits per heavy atom. The highest BCUT2D eigenvalue weighted by atomic mass is 32.2. The summed E-state index contributed by atoms with van der Waals surface area (Å²) in [6.07, 6.45) is 5.13. The van der Waals surface area contributed by atoms with Crippen LogP contribution >= 0.6 is 0 Å². The van der Waals surface area contributed by atoms with E-state index in [0.29, 0.717) is 22.9 Å². The molecule has 0 unspecified atom stereocenters. The lowest BCUT2D eigenvalue weighted by Gasteiger charge is -2.38. The first kappa shape index (κ1) is 28.4. The maximum atomic E-state index is 13.2. The summed E-state index contributed by atoms with van der Waals surface area (Å²) in [6.45, 7) is 10.3. The maximum Gasteiger partial charge on any atom is 0.243 e. The molecule has 9 heteroatoms.